The number of hydrogen-bond donors (Lipinski definition) is 0. The van der Waals surface area contributed by atoms with Crippen molar-refractivity contribution in [3.63, 3.8) is 0 Å². The average molecular weight is 362 g/mol. The first kappa shape index (κ1) is 16.6. The number of ether oxygens (including phenoxy) is 1. The topological polar surface area (TPSA) is 29.5 Å². The highest BCUT2D eigenvalue weighted by atomic mass is 79.9. The molecule has 0 aliphatic rings. The van der Waals surface area contributed by atoms with Gasteiger partial charge in [-0.25, -0.2) is 0 Å². The molecule has 0 bridgehead atoms. The first-order valence-electron chi connectivity index (χ1n) is 7.41. The van der Waals surface area contributed by atoms with Crippen molar-refractivity contribution >= 4 is 21.8 Å². The normalized spacial score (nSPS) is 10.3. The molecule has 116 valence electrons. The van der Waals surface area contributed by atoms with Gasteiger partial charge in [0.1, 0.15) is 5.75 Å². The van der Waals surface area contributed by atoms with Gasteiger partial charge in [0, 0.05) is 13.1 Å². The number of carbonyl (C=O) groups excluding carboxylic acids is 1. The molecule has 4 heteroatoms. The zero-order chi connectivity index (χ0) is 15.9. The van der Waals surface area contributed by atoms with E-state index < -0.39 is 0 Å². The minimum absolute atomic E-state index is 0.00374. The number of rotatable bonds is 6. The smallest absolute Gasteiger partial charge is 0.260 e. The summed E-state index contributed by atoms with van der Waals surface area (Å²) in [7, 11) is 0. The molecule has 0 spiro atoms. The van der Waals surface area contributed by atoms with Crippen LogP contribution in [-0.4, -0.2) is 30.5 Å². The fourth-order valence-corrected chi connectivity index (χ4v) is 2.73. The van der Waals surface area contributed by atoms with E-state index in [0.29, 0.717) is 18.8 Å². The Labute approximate surface area is 140 Å². The lowest BCUT2D eigenvalue weighted by molar-refractivity contribution is -0.132. The van der Waals surface area contributed by atoms with Gasteiger partial charge in [-0.15, -0.1) is 0 Å². The number of benzene rings is 2. The Bertz CT molecular complexity index is 624. The average Bonchev–Trinajstić information content (AvgIpc) is 2.55. The molecule has 0 heterocycles. The van der Waals surface area contributed by atoms with Gasteiger partial charge >= 0.3 is 0 Å². The highest BCUT2D eigenvalue weighted by molar-refractivity contribution is 9.10. The summed E-state index contributed by atoms with van der Waals surface area (Å²) in [6.45, 7) is 5.39. The van der Waals surface area contributed by atoms with E-state index in [2.05, 4.69) is 28.1 Å². The molecular formula is C18H20BrNO2. The van der Waals surface area contributed by atoms with E-state index in [9.17, 15) is 4.79 Å². The molecule has 3 nitrogen and oxygen atoms in total. The monoisotopic (exact) mass is 361 g/mol. The van der Waals surface area contributed by atoms with Gasteiger partial charge < -0.3 is 9.64 Å². The lowest BCUT2D eigenvalue weighted by Gasteiger charge is -2.19. The highest BCUT2D eigenvalue weighted by Gasteiger charge is 2.11. The lowest BCUT2D eigenvalue weighted by Crippen LogP contribution is -2.34. The van der Waals surface area contributed by atoms with Gasteiger partial charge in [-0.1, -0.05) is 36.4 Å². The fraction of sp³-hybridized carbons (Fsp3) is 0.278. The predicted octanol–water partition coefficient (Wildman–Crippen LogP) is 4.36. The third kappa shape index (κ3) is 4.10. The Morgan fingerprint density at radius 3 is 2.32 bits per heavy atom. The summed E-state index contributed by atoms with van der Waals surface area (Å²) in [4.78, 5) is 13.7. The molecule has 0 aromatic heterocycles. The molecule has 2 aromatic rings. The summed E-state index contributed by atoms with van der Waals surface area (Å²) in [5.41, 5.74) is 2.25. The molecule has 0 aliphatic heterocycles. The van der Waals surface area contributed by atoms with Gasteiger partial charge in [0.2, 0.25) is 0 Å². The maximum Gasteiger partial charge on any atom is 0.260 e. The van der Waals surface area contributed by atoms with Gasteiger partial charge in [0.15, 0.2) is 6.61 Å². The molecule has 0 atom stereocenters. The molecular weight excluding hydrogens is 342 g/mol. The van der Waals surface area contributed by atoms with Crippen LogP contribution in [0.4, 0.5) is 0 Å². The van der Waals surface area contributed by atoms with Crippen molar-refractivity contribution in [2.45, 2.75) is 13.8 Å². The van der Waals surface area contributed by atoms with Crippen LogP contribution >= 0.6 is 15.9 Å². The first-order chi connectivity index (χ1) is 10.7. The van der Waals surface area contributed by atoms with Crippen LogP contribution in [0.1, 0.15) is 13.8 Å². The molecule has 22 heavy (non-hydrogen) atoms. The van der Waals surface area contributed by atoms with Crippen molar-refractivity contribution < 1.29 is 9.53 Å². The maximum atomic E-state index is 12.0. The van der Waals surface area contributed by atoms with E-state index in [0.717, 1.165) is 15.6 Å². The van der Waals surface area contributed by atoms with Crippen molar-refractivity contribution in [1.82, 2.24) is 4.90 Å². The number of halogens is 1. The lowest BCUT2D eigenvalue weighted by atomic mass is 10.1. The summed E-state index contributed by atoms with van der Waals surface area (Å²) in [5.74, 6) is 0.684. The van der Waals surface area contributed by atoms with Crippen LogP contribution < -0.4 is 4.74 Å². The van der Waals surface area contributed by atoms with E-state index in [-0.39, 0.29) is 12.5 Å². The Morgan fingerprint density at radius 2 is 1.73 bits per heavy atom. The van der Waals surface area contributed by atoms with Crippen molar-refractivity contribution in [2.75, 3.05) is 19.7 Å². The Hall–Kier alpha value is -1.81. The summed E-state index contributed by atoms with van der Waals surface area (Å²) in [6.07, 6.45) is 0. The van der Waals surface area contributed by atoms with Crippen molar-refractivity contribution in [3.05, 3.63) is 53.0 Å². The van der Waals surface area contributed by atoms with Crippen LogP contribution in [-0.2, 0) is 4.79 Å². The standard InChI is InChI=1S/C18H20BrNO2/c1-3-20(4-2)18(21)13-22-17-11-10-15(12-16(17)19)14-8-6-5-7-9-14/h5-12H,3-4,13H2,1-2H3. The molecule has 0 radical (unpaired) electrons. The fourth-order valence-electron chi connectivity index (χ4n) is 2.24. The summed E-state index contributed by atoms with van der Waals surface area (Å²) < 4.78 is 6.48. The molecule has 0 saturated heterocycles. The van der Waals surface area contributed by atoms with Crippen LogP contribution in [0.3, 0.4) is 0 Å². The Kier molecular flexibility index (Phi) is 6.01. The van der Waals surface area contributed by atoms with E-state index in [1.165, 1.54) is 0 Å². The van der Waals surface area contributed by atoms with Crippen LogP contribution in [0, 0.1) is 0 Å². The van der Waals surface area contributed by atoms with Crippen LogP contribution in [0.15, 0.2) is 53.0 Å². The molecule has 0 unspecified atom stereocenters. The van der Waals surface area contributed by atoms with E-state index in [4.69, 9.17) is 4.74 Å². The minimum Gasteiger partial charge on any atom is -0.483 e. The molecule has 0 N–H and O–H groups in total. The largest absolute Gasteiger partial charge is 0.483 e. The second kappa shape index (κ2) is 7.99. The van der Waals surface area contributed by atoms with Gasteiger partial charge in [-0.05, 0) is 53.0 Å². The number of likely N-dealkylation sites (N-methyl/N-ethyl adjacent to an activating group) is 1. The number of amides is 1. The second-order valence-electron chi connectivity index (χ2n) is 4.87. The summed E-state index contributed by atoms with van der Waals surface area (Å²) in [6, 6.07) is 16.0. The number of carbonyl (C=O) groups is 1. The molecule has 0 saturated carbocycles. The first-order valence-corrected chi connectivity index (χ1v) is 8.20. The maximum absolute atomic E-state index is 12.0. The van der Waals surface area contributed by atoms with E-state index in [1.807, 2.05) is 50.2 Å². The number of nitrogens with zero attached hydrogens (tertiary/aromatic N) is 1. The van der Waals surface area contributed by atoms with Crippen molar-refractivity contribution in [1.29, 1.82) is 0 Å². The number of hydrogen-bond acceptors (Lipinski definition) is 2. The van der Waals surface area contributed by atoms with Crippen LogP contribution in [0.25, 0.3) is 11.1 Å². The molecule has 1 amide bonds. The zero-order valence-corrected chi connectivity index (χ0v) is 14.5. The van der Waals surface area contributed by atoms with E-state index in [1.54, 1.807) is 4.90 Å². The van der Waals surface area contributed by atoms with Crippen LogP contribution in [0.5, 0.6) is 5.75 Å². The molecule has 2 rings (SSSR count). The van der Waals surface area contributed by atoms with Crippen molar-refractivity contribution in [3.8, 4) is 16.9 Å². The third-order valence-electron chi connectivity index (χ3n) is 3.51. The van der Waals surface area contributed by atoms with Crippen molar-refractivity contribution in [2.24, 2.45) is 0 Å². The van der Waals surface area contributed by atoms with Gasteiger partial charge in [-0.3, -0.25) is 4.79 Å². The summed E-state index contributed by atoms with van der Waals surface area (Å²) in [5, 5.41) is 0. The molecule has 0 aliphatic carbocycles. The SMILES string of the molecule is CCN(CC)C(=O)COc1ccc(-c2ccccc2)cc1Br. The van der Waals surface area contributed by atoms with Gasteiger partial charge in [0.25, 0.3) is 5.91 Å². The molecule has 0 fully saturated rings. The highest BCUT2D eigenvalue weighted by Crippen LogP contribution is 2.30. The summed E-state index contributed by atoms with van der Waals surface area (Å²) >= 11 is 3.52. The Morgan fingerprint density at radius 1 is 1.05 bits per heavy atom. The Balaban J connectivity index is 2.06. The van der Waals surface area contributed by atoms with Gasteiger partial charge in [-0.2, -0.15) is 0 Å². The quantitative estimate of drug-likeness (QED) is 0.764. The predicted molar refractivity (Wildman–Crippen MR) is 93.0 cm³/mol. The zero-order valence-electron chi connectivity index (χ0n) is 12.9. The molecule has 2 aromatic carbocycles. The van der Waals surface area contributed by atoms with Gasteiger partial charge in [0.05, 0.1) is 4.47 Å². The van der Waals surface area contributed by atoms with E-state index >= 15 is 0 Å². The third-order valence-corrected chi connectivity index (χ3v) is 4.13. The van der Waals surface area contributed by atoms with Crippen LogP contribution in [0.2, 0.25) is 0 Å². The second-order valence-corrected chi connectivity index (χ2v) is 5.72. The minimum atomic E-state index is 0.00374.